The van der Waals surface area contributed by atoms with Crippen LogP contribution < -0.4 is 9.64 Å². The molecule has 0 unspecified atom stereocenters. The molecule has 2 heterocycles. The van der Waals surface area contributed by atoms with Gasteiger partial charge in [0, 0.05) is 24.8 Å². The Morgan fingerprint density at radius 2 is 1.96 bits per heavy atom. The van der Waals surface area contributed by atoms with E-state index in [0.29, 0.717) is 18.8 Å². The summed E-state index contributed by atoms with van der Waals surface area (Å²) >= 11 is 1.53. The Hall–Kier alpha value is -2.47. The van der Waals surface area contributed by atoms with Crippen molar-refractivity contribution in [2.75, 3.05) is 24.3 Å². The predicted octanol–water partition coefficient (Wildman–Crippen LogP) is 3.30. The fourth-order valence-electron chi connectivity index (χ4n) is 3.89. The number of thioether (sulfide) groups is 1. The van der Waals surface area contributed by atoms with Gasteiger partial charge in [0.25, 0.3) is 5.91 Å². The Labute approximate surface area is 163 Å². The van der Waals surface area contributed by atoms with E-state index in [1.807, 2.05) is 49.4 Å². The van der Waals surface area contributed by atoms with Gasteiger partial charge in [-0.05, 0) is 30.7 Å². The third kappa shape index (κ3) is 2.70. The van der Waals surface area contributed by atoms with Crippen molar-refractivity contribution in [3.63, 3.8) is 0 Å². The minimum absolute atomic E-state index is 0.0518. The van der Waals surface area contributed by atoms with E-state index in [0.717, 1.165) is 22.6 Å². The summed E-state index contributed by atoms with van der Waals surface area (Å²) in [5.74, 6) is 1.29. The number of hydrogen-bond acceptors (Lipinski definition) is 4. The normalized spacial score (nSPS) is 21.1. The van der Waals surface area contributed by atoms with Crippen LogP contribution in [0.15, 0.2) is 42.5 Å². The summed E-state index contributed by atoms with van der Waals surface area (Å²) in [6.07, 6.45) is 0. The molecular weight excluding hydrogens is 360 g/mol. The molecule has 2 aromatic carbocycles. The largest absolute Gasteiger partial charge is 0.497 e. The third-order valence-electron chi connectivity index (χ3n) is 5.24. The Morgan fingerprint density at radius 1 is 1.22 bits per heavy atom. The molecule has 5 nitrogen and oxygen atoms in total. The fraction of sp³-hybridized carbons (Fsp3) is 0.333. The highest BCUT2D eigenvalue weighted by atomic mass is 32.2. The second-order valence-electron chi connectivity index (χ2n) is 6.92. The maximum absolute atomic E-state index is 13.6. The standard InChI is InChI=1S/C21H22N2O3S/c1-14-4-6-16(7-5-14)13-22-19-9-8-17(26-3)12-18(19)21(20(22)25)23(15(2)24)10-11-27-21/h4-9,12H,10-11,13H2,1-3H3/t21-/m1/s1. The molecule has 1 atom stereocenters. The van der Waals surface area contributed by atoms with Crippen LogP contribution in [0.4, 0.5) is 5.69 Å². The smallest absolute Gasteiger partial charge is 0.268 e. The quantitative estimate of drug-likeness (QED) is 0.817. The van der Waals surface area contributed by atoms with Gasteiger partial charge in [0.1, 0.15) is 5.75 Å². The number of amides is 2. The van der Waals surface area contributed by atoms with Gasteiger partial charge in [0.15, 0.2) is 4.87 Å². The van der Waals surface area contributed by atoms with Crippen molar-refractivity contribution in [3.05, 3.63) is 59.2 Å². The maximum Gasteiger partial charge on any atom is 0.268 e. The molecule has 0 saturated carbocycles. The molecule has 1 fully saturated rings. The van der Waals surface area contributed by atoms with Crippen molar-refractivity contribution < 1.29 is 14.3 Å². The minimum atomic E-state index is -0.986. The first kappa shape index (κ1) is 17.9. The highest BCUT2D eigenvalue weighted by Gasteiger charge is 2.58. The van der Waals surface area contributed by atoms with Crippen molar-refractivity contribution in [2.24, 2.45) is 0 Å². The molecule has 27 heavy (non-hydrogen) atoms. The van der Waals surface area contributed by atoms with E-state index < -0.39 is 4.87 Å². The molecule has 1 spiro atoms. The second-order valence-corrected chi connectivity index (χ2v) is 8.21. The predicted molar refractivity (Wildman–Crippen MR) is 107 cm³/mol. The van der Waals surface area contributed by atoms with Crippen molar-refractivity contribution in [3.8, 4) is 5.75 Å². The van der Waals surface area contributed by atoms with Gasteiger partial charge in [0.05, 0.1) is 19.3 Å². The monoisotopic (exact) mass is 382 g/mol. The van der Waals surface area contributed by atoms with Crippen LogP contribution in [-0.2, 0) is 21.0 Å². The highest BCUT2D eigenvalue weighted by Crippen LogP contribution is 2.55. The van der Waals surface area contributed by atoms with Crippen molar-refractivity contribution in [2.45, 2.75) is 25.3 Å². The van der Waals surface area contributed by atoms with Gasteiger partial charge in [-0.1, -0.05) is 29.8 Å². The van der Waals surface area contributed by atoms with E-state index >= 15 is 0 Å². The van der Waals surface area contributed by atoms with E-state index in [4.69, 9.17) is 4.74 Å². The summed E-state index contributed by atoms with van der Waals surface area (Å²) in [7, 11) is 1.61. The van der Waals surface area contributed by atoms with Gasteiger partial charge in [0.2, 0.25) is 5.91 Å². The van der Waals surface area contributed by atoms with E-state index in [2.05, 4.69) is 0 Å². The van der Waals surface area contributed by atoms with Crippen LogP contribution >= 0.6 is 11.8 Å². The molecule has 2 aromatic rings. The lowest BCUT2D eigenvalue weighted by molar-refractivity contribution is -0.138. The molecule has 0 aromatic heterocycles. The summed E-state index contributed by atoms with van der Waals surface area (Å²) in [4.78, 5) is 28.5. The molecule has 140 valence electrons. The van der Waals surface area contributed by atoms with Crippen molar-refractivity contribution >= 4 is 29.3 Å². The minimum Gasteiger partial charge on any atom is -0.497 e. The van der Waals surface area contributed by atoms with E-state index in [1.165, 1.54) is 24.2 Å². The van der Waals surface area contributed by atoms with Gasteiger partial charge in [-0.15, -0.1) is 11.8 Å². The number of benzene rings is 2. The topological polar surface area (TPSA) is 49.9 Å². The number of ether oxygens (including phenoxy) is 1. The molecule has 2 aliphatic rings. The van der Waals surface area contributed by atoms with Gasteiger partial charge < -0.3 is 14.5 Å². The molecule has 2 amide bonds. The average molecular weight is 382 g/mol. The SMILES string of the molecule is COc1ccc2c(c1)[C@@]1(SCCN1C(C)=O)C(=O)N2Cc1ccc(C)cc1. The average Bonchev–Trinajstić information content (AvgIpc) is 3.21. The summed E-state index contributed by atoms with van der Waals surface area (Å²) in [5, 5.41) is 0. The van der Waals surface area contributed by atoms with Crippen LogP contribution in [0.25, 0.3) is 0 Å². The molecule has 0 radical (unpaired) electrons. The first-order valence-corrected chi connectivity index (χ1v) is 9.94. The number of fused-ring (bicyclic) bond motifs is 2. The first-order chi connectivity index (χ1) is 13.0. The van der Waals surface area contributed by atoms with E-state index in [9.17, 15) is 9.59 Å². The summed E-state index contributed by atoms with van der Waals surface area (Å²) < 4.78 is 5.40. The highest BCUT2D eigenvalue weighted by molar-refractivity contribution is 8.01. The van der Waals surface area contributed by atoms with Crippen molar-refractivity contribution in [1.82, 2.24) is 4.90 Å². The molecule has 0 bridgehead atoms. The second kappa shape index (κ2) is 6.60. The lowest BCUT2D eigenvalue weighted by atomic mass is 10.1. The summed E-state index contributed by atoms with van der Waals surface area (Å²) in [6, 6.07) is 13.9. The molecule has 0 N–H and O–H groups in total. The molecule has 6 heteroatoms. The Bertz CT molecular complexity index is 912. The van der Waals surface area contributed by atoms with Crippen LogP contribution in [0.3, 0.4) is 0 Å². The molecule has 1 saturated heterocycles. The number of aryl methyl sites for hydroxylation is 1. The molecule has 2 aliphatic heterocycles. The molecular formula is C21H22N2O3S. The molecule has 4 rings (SSSR count). The number of rotatable bonds is 3. The van der Waals surface area contributed by atoms with Crippen LogP contribution in [0.2, 0.25) is 0 Å². The number of nitrogens with zero attached hydrogens (tertiary/aromatic N) is 2. The van der Waals surface area contributed by atoms with E-state index in [-0.39, 0.29) is 11.8 Å². The lowest BCUT2D eigenvalue weighted by Gasteiger charge is -2.32. The van der Waals surface area contributed by atoms with E-state index in [1.54, 1.807) is 16.9 Å². The lowest BCUT2D eigenvalue weighted by Crippen LogP contribution is -2.49. The Morgan fingerprint density at radius 3 is 2.63 bits per heavy atom. The summed E-state index contributed by atoms with van der Waals surface area (Å²) in [6.45, 7) is 4.62. The number of methoxy groups -OCH3 is 1. The van der Waals surface area contributed by atoms with Gasteiger partial charge in [-0.25, -0.2) is 0 Å². The maximum atomic E-state index is 13.6. The van der Waals surface area contributed by atoms with Gasteiger partial charge >= 0.3 is 0 Å². The zero-order valence-corrected chi connectivity index (χ0v) is 16.5. The number of carbonyl (C=O) groups excluding carboxylic acids is 2. The van der Waals surface area contributed by atoms with Crippen LogP contribution in [0.1, 0.15) is 23.6 Å². The number of hydrogen-bond donors (Lipinski definition) is 0. The van der Waals surface area contributed by atoms with Crippen LogP contribution in [-0.4, -0.2) is 36.1 Å². The van der Waals surface area contributed by atoms with Gasteiger partial charge in [-0.2, -0.15) is 0 Å². The van der Waals surface area contributed by atoms with Gasteiger partial charge in [-0.3, -0.25) is 9.59 Å². The zero-order valence-electron chi connectivity index (χ0n) is 15.7. The molecule has 0 aliphatic carbocycles. The first-order valence-electron chi connectivity index (χ1n) is 8.95. The third-order valence-corrected chi connectivity index (χ3v) is 6.66. The Kier molecular flexibility index (Phi) is 4.38. The number of anilines is 1. The van der Waals surface area contributed by atoms with Crippen LogP contribution in [0, 0.1) is 6.92 Å². The zero-order chi connectivity index (χ0) is 19.2. The summed E-state index contributed by atoms with van der Waals surface area (Å²) in [5.41, 5.74) is 3.94. The fourth-order valence-corrected chi connectivity index (χ4v) is 5.39. The van der Waals surface area contributed by atoms with Crippen LogP contribution in [0.5, 0.6) is 5.75 Å². The van der Waals surface area contributed by atoms with Crippen molar-refractivity contribution in [1.29, 1.82) is 0 Å². The Balaban J connectivity index is 1.82. The number of carbonyl (C=O) groups is 2.